The van der Waals surface area contributed by atoms with E-state index in [0.29, 0.717) is 42.7 Å². The van der Waals surface area contributed by atoms with Crippen LogP contribution in [0.25, 0.3) is 0 Å². The third-order valence-corrected chi connectivity index (χ3v) is 3.52. The third kappa shape index (κ3) is 2.66. The van der Waals surface area contributed by atoms with E-state index in [2.05, 4.69) is 10.6 Å². The molecule has 1 saturated heterocycles. The van der Waals surface area contributed by atoms with E-state index in [-0.39, 0.29) is 5.91 Å². The first-order chi connectivity index (χ1) is 9.34. The molecule has 2 N–H and O–H groups in total. The Hall–Kier alpha value is -1.75. The van der Waals surface area contributed by atoms with E-state index in [1.807, 2.05) is 12.1 Å². The van der Waals surface area contributed by atoms with Crippen molar-refractivity contribution in [3.8, 4) is 11.5 Å². The molecule has 0 saturated carbocycles. The van der Waals surface area contributed by atoms with Crippen LogP contribution in [0.5, 0.6) is 11.5 Å². The maximum absolute atomic E-state index is 12.2. The molecule has 3 rings (SSSR count). The lowest BCUT2D eigenvalue weighted by molar-refractivity contribution is 0.0937. The predicted octanol–water partition coefficient (Wildman–Crippen LogP) is 0.797. The SMILES string of the molecule is O=C(NC[C@H]1CCNC1)c1cccc2c1OCCO2. The van der Waals surface area contributed by atoms with Crippen molar-refractivity contribution >= 4 is 5.91 Å². The summed E-state index contributed by atoms with van der Waals surface area (Å²) in [5.74, 6) is 1.66. The molecule has 1 atom stereocenters. The molecule has 102 valence electrons. The highest BCUT2D eigenvalue weighted by Crippen LogP contribution is 2.33. The van der Waals surface area contributed by atoms with Gasteiger partial charge < -0.3 is 20.1 Å². The van der Waals surface area contributed by atoms with Gasteiger partial charge >= 0.3 is 0 Å². The number of rotatable bonds is 3. The number of carbonyl (C=O) groups is 1. The lowest BCUT2D eigenvalue weighted by Gasteiger charge is -2.20. The summed E-state index contributed by atoms with van der Waals surface area (Å²) in [5.41, 5.74) is 0.558. The molecule has 2 heterocycles. The number of para-hydroxylation sites is 1. The van der Waals surface area contributed by atoms with E-state index in [0.717, 1.165) is 19.5 Å². The summed E-state index contributed by atoms with van der Waals surface area (Å²) in [7, 11) is 0. The quantitative estimate of drug-likeness (QED) is 0.846. The Kier molecular flexibility index (Phi) is 3.55. The molecule has 0 aromatic heterocycles. The molecule has 5 nitrogen and oxygen atoms in total. The second kappa shape index (κ2) is 5.48. The van der Waals surface area contributed by atoms with E-state index in [1.54, 1.807) is 6.07 Å². The fraction of sp³-hybridized carbons (Fsp3) is 0.500. The van der Waals surface area contributed by atoms with Crippen LogP contribution in [0.1, 0.15) is 16.8 Å². The average molecular weight is 262 g/mol. The summed E-state index contributed by atoms with van der Waals surface area (Å²) < 4.78 is 11.0. The number of hydrogen-bond donors (Lipinski definition) is 2. The molecular formula is C14H18N2O3. The van der Waals surface area contributed by atoms with Gasteiger partial charge in [-0.25, -0.2) is 0 Å². The second-order valence-electron chi connectivity index (χ2n) is 4.90. The normalized spacial score (nSPS) is 21.2. The first-order valence-corrected chi connectivity index (χ1v) is 6.72. The molecule has 2 aliphatic rings. The van der Waals surface area contributed by atoms with Gasteiger partial charge in [-0.3, -0.25) is 4.79 Å². The zero-order chi connectivity index (χ0) is 13.1. The molecule has 0 unspecified atom stereocenters. The fourth-order valence-electron chi connectivity index (χ4n) is 2.47. The van der Waals surface area contributed by atoms with Crippen molar-refractivity contribution in [3.63, 3.8) is 0 Å². The van der Waals surface area contributed by atoms with Gasteiger partial charge in [-0.2, -0.15) is 0 Å². The summed E-state index contributed by atoms with van der Waals surface area (Å²) in [6, 6.07) is 5.42. The van der Waals surface area contributed by atoms with Gasteiger partial charge in [0.25, 0.3) is 5.91 Å². The maximum atomic E-state index is 12.2. The van der Waals surface area contributed by atoms with Crippen LogP contribution >= 0.6 is 0 Å². The van der Waals surface area contributed by atoms with Gasteiger partial charge in [0.2, 0.25) is 0 Å². The number of benzene rings is 1. The number of amides is 1. The van der Waals surface area contributed by atoms with Crippen LogP contribution in [-0.2, 0) is 0 Å². The molecule has 19 heavy (non-hydrogen) atoms. The Balaban J connectivity index is 1.68. The van der Waals surface area contributed by atoms with E-state index in [1.165, 1.54) is 0 Å². The zero-order valence-electron chi connectivity index (χ0n) is 10.8. The minimum Gasteiger partial charge on any atom is -0.486 e. The van der Waals surface area contributed by atoms with Crippen molar-refractivity contribution in [1.82, 2.24) is 10.6 Å². The van der Waals surface area contributed by atoms with Gasteiger partial charge in [0, 0.05) is 6.54 Å². The maximum Gasteiger partial charge on any atom is 0.255 e. The highest BCUT2D eigenvalue weighted by Gasteiger charge is 2.21. The Bertz CT molecular complexity index is 470. The van der Waals surface area contributed by atoms with Crippen LogP contribution in [0.15, 0.2) is 18.2 Å². The smallest absolute Gasteiger partial charge is 0.255 e. The van der Waals surface area contributed by atoms with Crippen LogP contribution in [0, 0.1) is 5.92 Å². The van der Waals surface area contributed by atoms with Gasteiger partial charge in [0.05, 0.1) is 5.56 Å². The van der Waals surface area contributed by atoms with Crippen LogP contribution in [0.4, 0.5) is 0 Å². The number of fused-ring (bicyclic) bond motifs is 1. The first-order valence-electron chi connectivity index (χ1n) is 6.72. The average Bonchev–Trinajstić information content (AvgIpc) is 2.97. The number of ether oxygens (including phenoxy) is 2. The van der Waals surface area contributed by atoms with Gasteiger partial charge in [0.15, 0.2) is 11.5 Å². The van der Waals surface area contributed by atoms with Crippen LogP contribution in [-0.4, -0.2) is 38.8 Å². The van der Waals surface area contributed by atoms with Crippen molar-refractivity contribution < 1.29 is 14.3 Å². The van der Waals surface area contributed by atoms with Gasteiger partial charge in [-0.15, -0.1) is 0 Å². The van der Waals surface area contributed by atoms with Gasteiger partial charge in [-0.05, 0) is 37.6 Å². The highest BCUT2D eigenvalue weighted by molar-refractivity contribution is 5.97. The van der Waals surface area contributed by atoms with Crippen molar-refractivity contribution in [2.75, 3.05) is 32.8 Å². The molecule has 0 bridgehead atoms. The third-order valence-electron chi connectivity index (χ3n) is 3.52. The minimum atomic E-state index is -0.0887. The summed E-state index contributed by atoms with van der Waals surface area (Å²) in [5, 5.41) is 6.27. The van der Waals surface area contributed by atoms with Gasteiger partial charge in [-0.1, -0.05) is 6.07 Å². The standard InChI is InChI=1S/C14H18N2O3/c17-14(16-9-10-4-5-15-8-10)11-2-1-3-12-13(11)19-7-6-18-12/h1-3,10,15H,4-9H2,(H,16,17)/t10-/m0/s1. The van der Waals surface area contributed by atoms with Gasteiger partial charge in [0.1, 0.15) is 13.2 Å². The molecule has 5 heteroatoms. The molecule has 1 aromatic rings. The summed E-state index contributed by atoms with van der Waals surface area (Å²) >= 11 is 0. The number of carbonyl (C=O) groups excluding carboxylic acids is 1. The molecule has 1 aromatic carbocycles. The van der Waals surface area contributed by atoms with E-state index in [4.69, 9.17) is 9.47 Å². The number of nitrogens with one attached hydrogen (secondary N) is 2. The van der Waals surface area contributed by atoms with E-state index >= 15 is 0 Å². The summed E-state index contributed by atoms with van der Waals surface area (Å²) in [6.07, 6.45) is 1.12. The molecule has 1 fully saturated rings. The van der Waals surface area contributed by atoms with Crippen molar-refractivity contribution in [3.05, 3.63) is 23.8 Å². The Morgan fingerprint density at radius 2 is 2.26 bits per heavy atom. The predicted molar refractivity (Wildman–Crippen MR) is 70.7 cm³/mol. The second-order valence-corrected chi connectivity index (χ2v) is 4.90. The lowest BCUT2D eigenvalue weighted by Crippen LogP contribution is -2.31. The fourth-order valence-corrected chi connectivity index (χ4v) is 2.47. The van der Waals surface area contributed by atoms with Crippen molar-refractivity contribution in [1.29, 1.82) is 0 Å². The van der Waals surface area contributed by atoms with Crippen molar-refractivity contribution in [2.45, 2.75) is 6.42 Å². The topological polar surface area (TPSA) is 59.6 Å². The first kappa shape index (κ1) is 12.3. The van der Waals surface area contributed by atoms with Crippen LogP contribution in [0.2, 0.25) is 0 Å². The highest BCUT2D eigenvalue weighted by atomic mass is 16.6. The molecule has 0 spiro atoms. The summed E-state index contributed by atoms with van der Waals surface area (Å²) in [6.45, 7) is 3.75. The Labute approximate surface area is 112 Å². The van der Waals surface area contributed by atoms with E-state index in [9.17, 15) is 4.79 Å². The van der Waals surface area contributed by atoms with E-state index < -0.39 is 0 Å². The molecule has 2 aliphatic heterocycles. The Morgan fingerprint density at radius 1 is 1.37 bits per heavy atom. The van der Waals surface area contributed by atoms with Crippen molar-refractivity contribution in [2.24, 2.45) is 5.92 Å². The summed E-state index contributed by atoms with van der Waals surface area (Å²) in [4.78, 5) is 12.2. The molecular weight excluding hydrogens is 244 g/mol. The minimum absolute atomic E-state index is 0.0887. The van der Waals surface area contributed by atoms with Crippen LogP contribution in [0.3, 0.4) is 0 Å². The lowest BCUT2D eigenvalue weighted by atomic mass is 10.1. The Morgan fingerprint density at radius 3 is 3.11 bits per heavy atom. The molecule has 1 amide bonds. The number of hydrogen-bond acceptors (Lipinski definition) is 4. The molecule has 0 aliphatic carbocycles. The monoisotopic (exact) mass is 262 g/mol. The van der Waals surface area contributed by atoms with Crippen LogP contribution < -0.4 is 20.1 Å². The largest absolute Gasteiger partial charge is 0.486 e. The molecule has 0 radical (unpaired) electrons. The zero-order valence-corrected chi connectivity index (χ0v) is 10.8.